The molecule has 2 aromatic carbocycles. The largest absolute Gasteiger partial charge is 0.381 e. The van der Waals surface area contributed by atoms with Gasteiger partial charge in [-0.3, -0.25) is 4.79 Å². The van der Waals surface area contributed by atoms with Gasteiger partial charge in [0.25, 0.3) is 0 Å². The third-order valence-electron chi connectivity index (χ3n) is 2.88. The first kappa shape index (κ1) is 13.1. The van der Waals surface area contributed by atoms with E-state index in [1.54, 1.807) is 31.2 Å². The molecule has 0 bridgehead atoms. The molecular formula is C15H15FN2O. The van der Waals surface area contributed by atoms with Crippen LogP contribution in [0.25, 0.3) is 0 Å². The standard InChI is InChI=1S/C15H15FN2O/c1-10-5-6-13(8-14(10)16)18-9-11-3-2-4-12(7-11)15(17)19/h2-8,18H,9H2,1H3,(H2,17,19). The minimum Gasteiger partial charge on any atom is -0.381 e. The van der Waals surface area contributed by atoms with Crippen LogP contribution in [0.2, 0.25) is 0 Å². The molecule has 4 heteroatoms. The molecule has 0 heterocycles. The summed E-state index contributed by atoms with van der Waals surface area (Å²) in [4.78, 5) is 11.1. The Morgan fingerprint density at radius 3 is 2.74 bits per heavy atom. The van der Waals surface area contributed by atoms with Gasteiger partial charge >= 0.3 is 0 Å². The van der Waals surface area contributed by atoms with Crippen molar-refractivity contribution in [2.45, 2.75) is 13.5 Å². The second-order valence-corrected chi connectivity index (χ2v) is 4.38. The summed E-state index contributed by atoms with van der Waals surface area (Å²) in [6.45, 7) is 2.22. The van der Waals surface area contributed by atoms with E-state index < -0.39 is 5.91 Å². The Labute approximate surface area is 111 Å². The third kappa shape index (κ3) is 3.31. The number of hydrogen-bond donors (Lipinski definition) is 2. The SMILES string of the molecule is Cc1ccc(NCc2cccc(C(N)=O)c2)cc1F. The van der Waals surface area contributed by atoms with Gasteiger partial charge in [-0.25, -0.2) is 4.39 Å². The lowest BCUT2D eigenvalue weighted by molar-refractivity contribution is 0.1000. The van der Waals surface area contributed by atoms with Gasteiger partial charge in [-0.15, -0.1) is 0 Å². The molecule has 3 nitrogen and oxygen atoms in total. The van der Waals surface area contributed by atoms with E-state index >= 15 is 0 Å². The third-order valence-corrected chi connectivity index (χ3v) is 2.88. The first-order chi connectivity index (χ1) is 9.06. The summed E-state index contributed by atoms with van der Waals surface area (Å²) in [6, 6.07) is 12.0. The number of carbonyl (C=O) groups excluding carboxylic acids is 1. The Balaban J connectivity index is 2.07. The van der Waals surface area contributed by atoms with Gasteiger partial charge in [0.15, 0.2) is 0 Å². The van der Waals surface area contributed by atoms with E-state index in [0.29, 0.717) is 23.4 Å². The van der Waals surface area contributed by atoms with E-state index in [1.165, 1.54) is 6.07 Å². The van der Waals surface area contributed by atoms with Crippen LogP contribution in [0.5, 0.6) is 0 Å². The minimum atomic E-state index is -0.455. The first-order valence-corrected chi connectivity index (χ1v) is 5.95. The maximum absolute atomic E-state index is 13.4. The summed E-state index contributed by atoms with van der Waals surface area (Å²) in [5.41, 5.74) is 7.91. The second kappa shape index (κ2) is 5.52. The van der Waals surface area contributed by atoms with Crippen LogP contribution >= 0.6 is 0 Å². The van der Waals surface area contributed by atoms with Crippen LogP contribution in [-0.2, 0) is 6.54 Å². The second-order valence-electron chi connectivity index (χ2n) is 4.38. The summed E-state index contributed by atoms with van der Waals surface area (Å²) in [5, 5.41) is 3.10. The number of primary amides is 1. The number of halogens is 1. The first-order valence-electron chi connectivity index (χ1n) is 5.95. The maximum Gasteiger partial charge on any atom is 0.248 e. The van der Waals surface area contributed by atoms with Crippen molar-refractivity contribution in [3.8, 4) is 0 Å². The van der Waals surface area contributed by atoms with Crippen molar-refractivity contribution in [1.82, 2.24) is 0 Å². The molecule has 2 rings (SSSR count). The Morgan fingerprint density at radius 1 is 1.26 bits per heavy atom. The predicted molar refractivity (Wildman–Crippen MR) is 73.4 cm³/mol. The smallest absolute Gasteiger partial charge is 0.248 e. The molecule has 98 valence electrons. The zero-order valence-corrected chi connectivity index (χ0v) is 10.6. The summed E-state index contributed by atoms with van der Waals surface area (Å²) in [6.07, 6.45) is 0. The topological polar surface area (TPSA) is 55.1 Å². The average Bonchev–Trinajstić information content (AvgIpc) is 2.40. The highest BCUT2D eigenvalue weighted by molar-refractivity contribution is 5.92. The highest BCUT2D eigenvalue weighted by Crippen LogP contribution is 2.15. The van der Waals surface area contributed by atoms with Crippen molar-refractivity contribution < 1.29 is 9.18 Å². The van der Waals surface area contributed by atoms with Crippen molar-refractivity contribution in [2.75, 3.05) is 5.32 Å². The number of amides is 1. The molecule has 2 aromatic rings. The Hall–Kier alpha value is -2.36. The summed E-state index contributed by atoms with van der Waals surface area (Å²) < 4.78 is 13.4. The summed E-state index contributed by atoms with van der Waals surface area (Å²) >= 11 is 0. The predicted octanol–water partition coefficient (Wildman–Crippen LogP) is 2.85. The molecule has 3 N–H and O–H groups in total. The quantitative estimate of drug-likeness (QED) is 0.886. The van der Waals surface area contributed by atoms with Crippen molar-refractivity contribution in [1.29, 1.82) is 0 Å². The lowest BCUT2D eigenvalue weighted by Crippen LogP contribution is -2.11. The molecule has 0 spiro atoms. The van der Waals surface area contributed by atoms with Gasteiger partial charge in [0.2, 0.25) is 5.91 Å². The lowest BCUT2D eigenvalue weighted by Gasteiger charge is -2.08. The molecule has 0 unspecified atom stereocenters. The number of benzene rings is 2. The summed E-state index contributed by atoms with van der Waals surface area (Å²) in [7, 11) is 0. The number of hydrogen-bond acceptors (Lipinski definition) is 2. The Kier molecular flexibility index (Phi) is 3.80. The van der Waals surface area contributed by atoms with E-state index in [1.807, 2.05) is 12.1 Å². The van der Waals surface area contributed by atoms with Crippen LogP contribution in [0.15, 0.2) is 42.5 Å². The van der Waals surface area contributed by atoms with Gasteiger partial charge in [0.05, 0.1) is 0 Å². The number of nitrogens with one attached hydrogen (secondary N) is 1. The van der Waals surface area contributed by atoms with Crippen LogP contribution in [0.4, 0.5) is 10.1 Å². The van der Waals surface area contributed by atoms with Crippen LogP contribution in [0.1, 0.15) is 21.5 Å². The van der Waals surface area contributed by atoms with E-state index in [-0.39, 0.29) is 5.82 Å². The fraction of sp³-hybridized carbons (Fsp3) is 0.133. The maximum atomic E-state index is 13.4. The van der Waals surface area contributed by atoms with E-state index in [2.05, 4.69) is 5.32 Å². The normalized spacial score (nSPS) is 10.2. The van der Waals surface area contributed by atoms with Gasteiger partial charge in [-0.2, -0.15) is 0 Å². The zero-order chi connectivity index (χ0) is 13.8. The highest BCUT2D eigenvalue weighted by atomic mass is 19.1. The van der Waals surface area contributed by atoms with Crippen LogP contribution in [-0.4, -0.2) is 5.91 Å². The number of anilines is 1. The molecule has 0 radical (unpaired) electrons. The van der Waals surface area contributed by atoms with Crippen molar-refractivity contribution >= 4 is 11.6 Å². The molecule has 1 amide bonds. The number of aryl methyl sites for hydroxylation is 1. The van der Waals surface area contributed by atoms with Gasteiger partial charge in [0, 0.05) is 17.8 Å². The molecule has 0 aliphatic carbocycles. The highest BCUT2D eigenvalue weighted by Gasteiger charge is 2.02. The molecule has 0 atom stereocenters. The lowest BCUT2D eigenvalue weighted by atomic mass is 10.1. The molecule has 0 saturated heterocycles. The van der Waals surface area contributed by atoms with Gasteiger partial charge in [0.1, 0.15) is 5.82 Å². The van der Waals surface area contributed by atoms with Crippen molar-refractivity contribution in [3.05, 3.63) is 65.0 Å². The van der Waals surface area contributed by atoms with Crippen molar-refractivity contribution in [3.63, 3.8) is 0 Å². The van der Waals surface area contributed by atoms with Crippen LogP contribution < -0.4 is 11.1 Å². The van der Waals surface area contributed by atoms with Crippen LogP contribution in [0, 0.1) is 12.7 Å². The molecule has 0 saturated carbocycles. The minimum absolute atomic E-state index is 0.240. The summed E-state index contributed by atoms with van der Waals surface area (Å²) in [5.74, 6) is -0.695. The molecule has 0 aliphatic heterocycles. The zero-order valence-electron chi connectivity index (χ0n) is 10.6. The van der Waals surface area contributed by atoms with E-state index in [9.17, 15) is 9.18 Å². The molecular weight excluding hydrogens is 243 g/mol. The molecule has 0 fully saturated rings. The van der Waals surface area contributed by atoms with Gasteiger partial charge in [-0.1, -0.05) is 18.2 Å². The van der Waals surface area contributed by atoms with Crippen LogP contribution in [0.3, 0.4) is 0 Å². The fourth-order valence-electron chi connectivity index (χ4n) is 1.74. The number of nitrogens with two attached hydrogens (primary N) is 1. The van der Waals surface area contributed by atoms with E-state index in [4.69, 9.17) is 5.73 Å². The fourth-order valence-corrected chi connectivity index (χ4v) is 1.74. The Morgan fingerprint density at radius 2 is 2.05 bits per heavy atom. The Bertz CT molecular complexity index is 611. The molecule has 0 aromatic heterocycles. The van der Waals surface area contributed by atoms with Crippen molar-refractivity contribution in [2.24, 2.45) is 5.73 Å². The molecule has 19 heavy (non-hydrogen) atoms. The average molecular weight is 258 g/mol. The monoisotopic (exact) mass is 258 g/mol. The number of carbonyl (C=O) groups is 1. The molecule has 0 aliphatic rings. The van der Waals surface area contributed by atoms with Gasteiger partial charge < -0.3 is 11.1 Å². The number of rotatable bonds is 4. The van der Waals surface area contributed by atoms with Gasteiger partial charge in [-0.05, 0) is 42.3 Å². The van der Waals surface area contributed by atoms with E-state index in [0.717, 1.165) is 5.56 Å².